The second kappa shape index (κ2) is 9.14. The van der Waals surface area contributed by atoms with E-state index in [1.54, 1.807) is 21.4 Å². The van der Waals surface area contributed by atoms with E-state index in [0.29, 0.717) is 6.54 Å². The number of pyridine rings is 1. The molecule has 0 saturated heterocycles. The predicted octanol–water partition coefficient (Wildman–Crippen LogP) is 4.63. The quantitative estimate of drug-likeness (QED) is 0.332. The summed E-state index contributed by atoms with van der Waals surface area (Å²) in [6.45, 7) is 5.47. The first-order valence-corrected chi connectivity index (χ1v) is 10.0. The Morgan fingerprint density at radius 3 is 2.42 bits per heavy atom. The first-order valence-electron chi connectivity index (χ1n) is 8.00. The van der Waals surface area contributed by atoms with Crippen molar-refractivity contribution in [3.63, 3.8) is 0 Å². The lowest BCUT2D eigenvalue weighted by molar-refractivity contribution is -0.726. The number of thiol groups is 1. The number of rotatable bonds is 7. The van der Waals surface area contributed by atoms with E-state index < -0.39 is 0 Å². The van der Waals surface area contributed by atoms with Crippen LogP contribution in [0.15, 0.2) is 36.4 Å². The third-order valence-corrected chi connectivity index (χ3v) is 4.89. The molecular formula is C19H24FN2S2+. The summed E-state index contributed by atoms with van der Waals surface area (Å²) in [6.07, 6.45) is 3.96. The molecule has 24 heavy (non-hydrogen) atoms. The number of hydrogen-bond acceptors (Lipinski definition) is 3. The van der Waals surface area contributed by atoms with Gasteiger partial charge in [0, 0.05) is 44.1 Å². The first kappa shape index (κ1) is 18.9. The molecule has 0 radical (unpaired) electrons. The standard InChI is InChI=1S/C19H23FN2S2/c1-4-22-15(2)13-17(14-19(22)20)6-5-16-7-9-18(10-8-16)21(3)11-12-24-23/h5-10,13-14H,4,11-12H2,1-3H3/p+1. The molecular weight excluding hydrogens is 339 g/mol. The van der Waals surface area contributed by atoms with Crippen molar-refractivity contribution in [1.82, 2.24) is 0 Å². The Bertz CT molecular complexity index is 676. The fourth-order valence-corrected chi connectivity index (χ4v) is 3.18. The van der Waals surface area contributed by atoms with Crippen molar-refractivity contribution < 1.29 is 8.96 Å². The van der Waals surface area contributed by atoms with E-state index in [9.17, 15) is 4.39 Å². The summed E-state index contributed by atoms with van der Waals surface area (Å²) in [6, 6.07) is 11.9. The highest BCUT2D eigenvalue weighted by atomic mass is 33.1. The summed E-state index contributed by atoms with van der Waals surface area (Å²) in [7, 11) is 3.62. The SMILES string of the molecule is CC[n+]1c(C)cc(/C=C/c2ccc(N(C)CCSS)cc2)cc1F. The summed E-state index contributed by atoms with van der Waals surface area (Å²) < 4.78 is 15.7. The molecule has 2 aromatic rings. The van der Waals surface area contributed by atoms with E-state index in [0.717, 1.165) is 29.1 Å². The lowest BCUT2D eigenvalue weighted by Crippen LogP contribution is -2.40. The number of halogens is 1. The Morgan fingerprint density at radius 2 is 1.83 bits per heavy atom. The van der Waals surface area contributed by atoms with Crippen LogP contribution in [0.1, 0.15) is 23.7 Å². The number of anilines is 1. The van der Waals surface area contributed by atoms with Gasteiger partial charge in [-0.3, -0.25) is 0 Å². The number of benzene rings is 1. The minimum Gasteiger partial charge on any atom is -0.374 e. The zero-order valence-corrected chi connectivity index (χ0v) is 16.1. The van der Waals surface area contributed by atoms with Crippen molar-refractivity contribution in [2.45, 2.75) is 20.4 Å². The molecule has 0 spiro atoms. The van der Waals surface area contributed by atoms with Gasteiger partial charge >= 0.3 is 5.95 Å². The van der Waals surface area contributed by atoms with E-state index in [2.05, 4.69) is 47.9 Å². The summed E-state index contributed by atoms with van der Waals surface area (Å²) in [4.78, 5) is 2.20. The lowest BCUT2D eigenvalue weighted by atomic mass is 10.1. The van der Waals surface area contributed by atoms with E-state index in [1.807, 2.05) is 32.1 Å². The van der Waals surface area contributed by atoms with Gasteiger partial charge in [-0.05, 0) is 30.2 Å². The Balaban J connectivity index is 2.09. The van der Waals surface area contributed by atoms with Gasteiger partial charge in [-0.15, -0.1) is 16.1 Å². The molecule has 128 valence electrons. The molecule has 0 aliphatic rings. The molecule has 2 rings (SSSR count). The maximum atomic E-state index is 14.0. The van der Waals surface area contributed by atoms with Gasteiger partial charge in [0.05, 0.1) is 0 Å². The highest BCUT2D eigenvalue weighted by Crippen LogP contribution is 2.17. The number of aryl methyl sites for hydroxylation is 1. The number of nitrogens with zero attached hydrogens (tertiary/aromatic N) is 2. The van der Waals surface area contributed by atoms with Gasteiger partial charge in [0.1, 0.15) is 6.54 Å². The van der Waals surface area contributed by atoms with Gasteiger partial charge in [0.2, 0.25) is 0 Å². The van der Waals surface area contributed by atoms with E-state index in [4.69, 9.17) is 0 Å². The minimum absolute atomic E-state index is 0.198. The maximum Gasteiger partial charge on any atom is 0.360 e. The van der Waals surface area contributed by atoms with Crippen LogP contribution >= 0.6 is 22.5 Å². The second-order valence-corrected chi connectivity index (χ2v) is 7.12. The van der Waals surface area contributed by atoms with Crippen LogP contribution < -0.4 is 9.47 Å². The van der Waals surface area contributed by atoms with Crippen molar-refractivity contribution >= 4 is 40.3 Å². The molecule has 1 heterocycles. The van der Waals surface area contributed by atoms with E-state index in [-0.39, 0.29) is 5.95 Å². The molecule has 0 N–H and O–H groups in total. The molecule has 0 bridgehead atoms. The van der Waals surface area contributed by atoms with Crippen LogP contribution in [-0.2, 0) is 6.54 Å². The Kier molecular flexibility index (Phi) is 7.18. The topological polar surface area (TPSA) is 7.12 Å². The van der Waals surface area contributed by atoms with Gasteiger partial charge in [-0.1, -0.05) is 35.1 Å². The summed E-state index contributed by atoms with van der Waals surface area (Å²) in [5, 5.41) is 0. The summed E-state index contributed by atoms with van der Waals surface area (Å²) >= 11 is 4.17. The third-order valence-electron chi connectivity index (χ3n) is 3.98. The fourth-order valence-electron chi connectivity index (χ4n) is 2.58. The molecule has 1 aromatic heterocycles. The van der Waals surface area contributed by atoms with Crippen LogP contribution in [0.25, 0.3) is 12.2 Å². The number of hydrogen-bond donors (Lipinski definition) is 1. The van der Waals surface area contributed by atoms with Crippen molar-refractivity contribution in [2.24, 2.45) is 0 Å². The average Bonchev–Trinajstić information content (AvgIpc) is 2.58. The maximum absolute atomic E-state index is 14.0. The minimum atomic E-state index is -0.198. The Hall–Kier alpha value is -1.46. The predicted molar refractivity (Wildman–Crippen MR) is 107 cm³/mol. The van der Waals surface area contributed by atoms with E-state index in [1.165, 1.54) is 5.69 Å². The molecule has 0 unspecified atom stereocenters. The molecule has 0 saturated carbocycles. The smallest absolute Gasteiger partial charge is 0.360 e. The zero-order valence-electron chi connectivity index (χ0n) is 14.4. The lowest BCUT2D eigenvalue weighted by Gasteiger charge is -2.18. The van der Waals surface area contributed by atoms with Gasteiger partial charge in [0.15, 0.2) is 5.69 Å². The van der Waals surface area contributed by atoms with Crippen LogP contribution in [0.3, 0.4) is 0 Å². The molecule has 0 amide bonds. The third kappa shape index (κ3) is 5.02. The molecule has 5 heteroatoms. The van der Waals surface area contributed by atoms with Crippen LogP contribution in [0.5, 0.6) is 0 Å². The summed E-state index contributed by atoms with van der Waals surface area (Å²) in [5.74, 6) is 0.786. The second-order valence-electron chi connectivity index (χ2n) is 5.68. The average molecular weight is 364 g/mol. The highest BCUT2D eigenvalue weighted by molar-refractivity contribution is 8.68. The van der Waals surface area contributed by atoms with Crippen LogP contribution in [0.4, 0.5) is 10.1 Å². The molecule has 0 atom stereocenters. The zero-order chi connectivity index (χ0) is 17.5. The van der Waals surface area contributed by atoms with E-state index >= 15 is 0 Å². The van der Waals surface area contributed by atoms with Gasteiger partial charge in [-0.2, -0.15) is 4.57 Å². The van der Waals surface area contributed by atoms with Crippen LogP contribution in [-0.4, -0.2) is 19.3 Å². The van der Waals surface area contributed by atoms with Crippen molar-refractivity contribution in [1.29, 1.82) is 0 Å². The van der Waals surface area contributed by atoms with Crippen LogP contribution in [0.2, 0.25) is 0 Å². The number of aromatic nitrogens is 1. The van der Waals surface area contributed by atoms with Crippen molar-refractivity contribution in [2.75, 3.05) is 24.2 Å². The first-order chi connectivity index (χ1) is 11.5. The largest absolute Gasteiger partial charge is 0.374 e. The van der Waals surface area contributed by atoms with Crippen LogP contribution in [0, 0.1) is 12.9 Å². The normalized spacial score (nSPS) is 11.2. The van der Waals surface area contributed by atoms with Crippen molar-refractivity contribution in [3.8, 4) is 0 Å². The molecule has 1 aromatic carbocycles. The summed E-state index contributed by atoms with van der Waals surface area (Å²) in [5.41, 5.74) is 4.08. The molecule has 0 aliphatic carbocycles. The van der Waals surface area contributed by atoms with Crippen molar-refractivity contribution in [3.05, 3.63) is 59.2 Å². The Labute approximate surface area is 153 Å². The van der Waals surface area contributed by atoms with Gasteiger partial charge in [-0.25, -0.2) is 0 Å². The monoisotopic (exact) mass is 363 g/mol. The molecule has 0 fully saturated rings. The highest BCUT2D eigenvalue weighted by Gasteiger charge is 2.12. The fraction of sp³-hybridized carbons (Fsp3) is 0.316. The Morgan fingerprint density at radius 1 is 1.17 bits per heavy atom. The van der Waals surface area contributed by atoms with Gasteiger partial charge < -0.3 is 4.90 Å². The van der Waals surface area contributed by atoms with Gasteiger partial charge in [0.25, 0.3) is 0 Å². The molecule has 0 aliphatic heterocycles. The molecule has 2 nitrogen and oxygen atoms in total.